The molecule has 0 N–H and O–H groups in total. The number of hydrogen-bond acceptors (Lipinski definition) is 4. The number of para-hydroxylation sites is 1. The molecule has 0 amide bonds. The smallest absolute Gasteiger partial charge is 0.341 e. The summed E-state index contributed by atoms with van der Waals surface area (Å²) in [6, 6.07) is 8.46. The average molecular weight is 312 g/mol. The molecular formula is C19H24N2O2. The van der Waals surface area contributed by atoms with Crippen LogP contribution in [0.15, 0.2) is 33.5 Å². The van der Waals surface area contributed by atoms with Gasteiger partial charge in [0.1, 0.15) is 5.58 Å². The molecule has 4 nitrogen and oxygen atoms in total. The van der Waals surface area contributed by atoms with E-state index in [0.29, 0.717) is 6.04 Å². The number of likely N-dealkylation sites (tertiary alicyclic amines) is 1. The molecule has 0 bridgehead atoms. The first-order chi connectivity index (χ1) is 11.2. The molecule has 1 fully saturated rings. The van der Waals surface area contributed by atoms with Crippen molar-refractivity contribution in [2.24, 2.45) is 0 Å². The minimum atomic E-state index is -0.155. The van der Waals surface area contributed by atoms with E-state index in [1.165, 1.54) is 31.5 Å². The van der Waals surface area contributed by atoms with Crippen LogP contribution >= 0.6 is 0 Å². The lowest BCUT2D eigenvalue weighted by Gasteiger charge is -2.33. The maximum Gasteiger partial charge on any atom is 0.341 e. The van der Waals surface area contributed by atoms with Gasteiger partial charge in [-0.2, -0.15) is 0 Å². The molecule has 1 aromatic heterocycles. The zero-order chi connectivity index (χ0) is 15.8. The van der Waals surface area contributed by atoms with Crippen LogP contribution in [0.5, 0.6) is 0 Å². The molecule has 2 aromatic rings. The fourth-order valence-electron chi connectivity index (χ4n) is 4.10. The van der Waals surface area contributed by atoms with Crippen LogP contribution in [0, 0.1) is 0 Å². The molecule has 0 spiro atoms. The van der Waals surface area contributed by atoms with Gasteiger partial charge in [-0.15, -0.1) is 0 Å². The molecule has 122 valence electrons. The van der Waals surface area contributed by atoms with E-state index in [1.807, 2.05) is 18.2 Å². The van der Waals surface area contributed by atoms with Crippen molar-refractivity contribution in [2.75, 3.05) is 26.2 Å². The molecular weight excluding hydrogens is 288 g/mol. The van der Waals surface area contributed by atoms with Gasteiger partial charge in [0, 0.05) is 31.1 Å². The van der Waals surface area contributed by atoms with Gasteiger partial charge in [-0.25, -0.2) is 4.79 Å². The summed E-state index contributed by atoms with van der Waals surface area (Å²) in [6.07, 6.45) is 3.58. The molecule has 1 unspecified atom stereocenters. The van der Waals surface area contributed by atoms with Gasteiger partial charge in [-0.05, 0) is 50.9 Å². The summed E-state index contributed by atoms with van der Waals surface area (Å²) in [5, 5.41) is 1.11. The molecule has 4 rings (SSSR count). The second-order valence-electron chi connectivity index (χ2n) is 6.92. The Morgan fingerprint density at radius 1 is 1.13 bits per heavy atom. The molecule has 0 radical (unpaired) electrons. The third-order valence-electron chi connectivity index (χ3n) is 5.37. The minimum Gasteiger partial charge on any atom is -0.422 e. The zero-order valence-electron chi connectivity index (χ0n) is 13.8. The lowest BCUT2D eigenvalue weighted by atomic mass is 9.97. The third-order valence-corrected chi connectivity index (χ3v) is 5.37. The van der Waals surface area contributed by atoms with E-state index in [9.17, 15) is 4.79 Å². The lowest BCUT2D eigenvalue weighted by Crippen LogP contribution is -2.43. The Morgan fingerprint density at radius 3 is 2.74 bits per heavy atom. The molecule has 2 aliphatic rings. The van der Waals surface area contributed by atoms with Crippen LogP contribution in [-0.2, 0) is 13.0 Å². The monoisotopic (exact) mass is 312 g/mol. The van der Waals surface area contributed by atoms with Crippen molar-refractivity contribution in [3.63, 3.8) is 0 Å². The molecule has 0 saturated carbocycles. The number of nitrogens with zero attached hydrogens (tertiary/aromatic N) is 2. The zero-order valence-corrected chi connectivity index (χ0v) is 13.8. The van der Waals surface area contributed by atoms with E-state index in [-0.39, 0.29) is 5.63 Å². The number of fused-ring (bicyclic) bond motifs is 3. The first kappa shape index (κ1) is 14.9. The van der Waals surface area contributed by atoms with Crippen LogP contribution in [0.2, 0.25) is 0 Å². The summed E-state index contributed by atoms with van der Waals surface area (Å²) in [5.41, 5.74) is 2.62. The van der Waals surface area contributed by atoms with E-state index in [4.69, 9.17) is 4.42 Å². The second kappa shape index (κ2) is 6.10. The van der Waals surface area contributed by atoms with Gasteiger partial charge < -0.3 is 4.42 Å². The second-order valence-corrected chi connectivity index (χ2v) is 6.92. The van der Waals surface area contributed by atoms with E-state index in [2.05, 4.69) is 22.8 Å². The summed E-state index contributed by atoms with van der Waals surface area (Å²) in [6.45, 7) is 7.53. The molecule has 23 heavy (non-hydrogen) atoms. The van der Waals surface area contributed by atoms with Crippen molar-refractivity contribution in [3.05, 3.63) is 45.8 Å². The molecule has 4 heteroatoms. The van der Waals surface area contributed by atoms with Crippen LogP contribution in [-0.4, -0.2) is 42.0 Å². The molecule has 1 saturated heterocycles. The summed E-state index contributed by atoms with van der Waals surface area (Å²) >= 11 is 0. The third kappa shape index (κ3) is 2.81. The highest BCUT2D eigenvalue weighted by Gasteiger charge is 2.25. The van der Waals surface area contributed by atoms with Crippen LogP contribution in [0.25, 0.3) is 11.0 Å². The number of benzene rings is 1. The maximum absolute atomic E-state index is 12.4. The highest BCUT2D eigenvalue weighted by atomic mass is 16.4. The van der Waals surface area contributed by atoms with Crippen LogP contribution in [0.3, 0.4) is 0 Å². The van der Waals surface area contributed by atoms with Crippen molar-refractivity contribution in [3.8, 4) is 0 Å². The Hall–Kier alpha value is -1.65. The normalized spacial score (nSPS) is 20.7. The standard InChI is InChI=1S/C19H24N2O2/c1-14(21-9-4-5-10-21)12-20-11-8-15-16-6-2-3-7-18(16)23-19(22)17(15)13-20/h2-3,6-7,14H,4-5,8-13H2,1H3. The summed E-state index contributed by atoms with van der Waals surface area (Å²) in [5.74, 6) is 0. The maximum atomic E-state index is 12.4. The SMILES string of the molecule is CC(CN1CCc2c(c(=O)oc3ccccc23)C1)N1CCCC1. The number of rotatable bonds is 3. The first-order valence-electron chi connectivity index (χ1n) is 8.72. The first-order valence-corrected chi connectivity index (χ1v) is 8.72. The largest absolute Gasteiger partial charge is 0.422 e. The van der Waals surface area contributed by atoms with Gasteiger partial charge >= 0.3 is 5.63 Å². The molecule has 3 heterocycles. The molecule has 1 aromatic carbocycles. The van der Waals surface area contributed by atoms with Crippen molar-refractivity contribution in [1.29, 1.82) is 0 Å². The fourth-order valence-corrected chi connectivity index (χ4v) is 4.10. The summed E-state index contributed by atoms with van der Waals surface area (Å²) in [7, 11) is 0. The van der Waals surface area contributed by atoms with Gasteiger partial charge in [-0.3, -0.25) is 9.80 Å². The Labute approximate surface area is 136 Å². The van der Waals surface area contributed by atoms with Gasteiger partial charge in [0.05, 0.1) is 5.56 Å². The van der Waals surface area contributed by atoms with Crippen LogP contribution in [0.1, 0.15) is 30.9 Å². The molecule has 2 aliphatic heterocycles. The van der Waals surface area contributed by atoms with E-state index < -0.39 is 0 Å². The Morgan fingerprint density at radius 2 is 1.91 bits per heavy atom. The summed E-state index contributed by atoms with van der Waals surface area (Å²) < 4.78 is 5.52. The van der Waals surface area contributed by atoms with Crippen LogP contribution < -0.4 is 5.63 Å². The van der Waals surface area contributed by atoms with E-state index in [1.54, 1.807) is 0 Å². The van der Waals surface area contributed by atoms with Gasteiger partial charge in [-0.1, -0.05) is 18.2 Å². The Bertz CT molecular complexity index is 762. The summed E-state index contributed by atoms with van der Waals surface area (Å²) in [4.78, 5) is 17.3. The average Bonchev–Trinajstić information content (AvgIpc) is 3.10. The predicted octanol–water partition coefficient (Wildman–Crippen LogP) is 2.64. The topological polar surface area (TPSA) is 36.7 Å². The van der Waals surface area contributed by atoms with Crippen molar-refractivity contribution in [1.82, 2.24) is 9.80 Å². The van der Waals surface area contributed by atoms with Gasteiger partial charge in [0.2, 0.25) is 0 Å². The van der Waals surface area contributed by atoms with Crippen molar-refractivity contribution in [2.45, 2.75) is 38.8 Å². The highest BCUT2D eigenvalue weighted by Crippen LogP contribution is 2.25. The Kier molecular flexibility index (Phi) is 3.95. The quantitative estimate of drug-likeness (QED) is 0.817. The highest BCUT2D eigenvalue weighted by molar-refractivity contribution is 5.81. The minimum absolute atomic E-state index is 0.155. The number of hydrogen-bond donors (Lipinski definition) is 0. The van der Waals surface area contributed by atoms with Crippen LogP contribution in [0.4, 0.5) is 0 Å². The lowest BCUT2D eigenvalue weighted by molar-refractivity contribution is 0.160. The van der Waals surface area contributed by atoms with Gasteiger partial charge in [0.25, 0.3) is 0 Å². The molecule has 1 atom stereocenters. The Balaban J connectivity index is 1.57. The molecule has 0 aliphatic carbocycles. The van der Waals surface area contributed by atoms with Crippen molar-refractivity contribution < 1.29 is 4.42 Å². The van der Waals surface area contributed by atoms with E-state index in [0.717, 1.165) is 42.6 Å². The van der Waals surface area contributed by atoms with Crippen molar-refractivity contribution >= 4 is 11.0 Å². The predicted molar refractivity (Wildman–Crippen MR) is 91.7 cm³/mol. The van der Waals surface area contributed by atoms with E-state index >= 15 is 0 Å². The fraction of sp³-hybridized carbons (Fsp3) is 0.526. The van der Waals surface area contributed by atoms with Gasteiger partial charge in [0.15, 0.2) is 0 Å².